The summed E-state index contributed by atoms with van der Waals surface area (Å²) in [5.41, 5.74) is 0. The summed E-state index contributed by atoms with van der Waals surface area (Å²) in [7, 11) is 0. The lowest BCUT2D eigenvalue weighted by Gasteiger charge is -2.08. The molecular weight excluding hydrogens is 148 g/mol. The molecule has 1 atom stereocenters. The van der Waals surface area contributed by atoms with Crippen molar-refractivity contribution in [2.24, 2.45) is 5.92 Å². The van der Waals surface area contributed by atoms with Crippen LogP contribution in [0, 0.1) is 5.92 Å². The number of carbonyl (C=O) groups excluding carboxylic acids is 1. The predicted octanol–water partition coefficient (Wildman–Crippen LogP) is 3.57. The van der Waals surface area contributed by atoms with Gasteiger partial charge < -0.3 is 4.79 Å². The van der Waals surface area contributed by atoms with Gasteiger partial charge in [-0.1, -0.05) is 46.0 Å². The molecule has 12 heavy (non-hydrogen) atoms. The molecule has 0 fully saturated rings. The van der Waals surface area contributed by atoms with E-state index in [1.165, 1.54) is 32.1 Å². The zero-order valence-corrected chi connectivity index (χ0v) is 8.51. The molecule has 0 N–H and O–H groups in total. The Kier molecular flexibility index (Phi) is 8.52. The quantitative estimate of drug-likeness (QED) is 0.402. The molecule has 0 spiro atoms. The highest BCUT2D eigenvalue weighted by Crippen LogP contribution is 2.15. The third kappa shape index (κ3) is 7.77. The van der Waals surface area contributed by atoms with Gasteiger partial charge in [0.25, 0.3) is 0 Å². The topological polar surface area (TPSA) is 17.1 Å². The Morgan fingerprint density at radius 2 is 1.83 bits per heavy atom. The predicted molar refractivity (Wildman–Crippen MR) is 53.2 cm³/mol. The summed E-state index contributed by atoms with van der Waals surface area (Å²) in [5.74, 6) is 0.816. The van der Waals surface area contributed by atoms with E-state index in [9.17, 15) is 4.79 Å². The van der Waals surface area contributed by atoms with Gasteiger partial charge in [-0.3, -0.25) is 0 Å². The Morgan fingerprint density at radius 1 is 1.17 bits per heavy atom. The number of aldehydes is 1. The molecule has 0 bridgehead atoms. The fraction of sp³-hybridized carbons (Fsp3) is 0.909. The maximum atomic E-state index is 10.0. The number of unbranched alkanes of at least 4 members (excludes halogenated alkanes) is 3. The van der Waals surface area contributed by atoms with Crippen LogP contribution in [0.5, 0.6) is 0 Å². The zero-order valence-electron chi connectivity index (χ0n) is 8.51. The fourth-order valence-electron chi connectivity index (χ4n) is 1.44. The third-order valence-electron chi connectivity index (χ3n) is 2.32. The summed E-state index contributed by atoms with van der Waals surface area (Å²) in [6, 6.07) is 0. The highest BCUT2D eigenvalue weighted by Gasteiger charge is 2.00. The van der Waals surface area contributed by atoms with Crippen molar-refractivity contribution in [2.75, 3.05) is 0 Å². The molecular formula is C11H22O. The van der Waals surface area contributed by atoms with Crippen molar-refractivity contribution in [1.82, 2.24) is 0 Å². The minimum atomic E-state index is 0.748. The summed E-state index contributed by atoms with van der Waals surface area (Å²) in [4.78, 5) is 10.0. The molecule has 0 amide bonds. The second-order valence-electron chi connectivity index (χ2n) is 3.70. The Bertz CT molecular complexity index is 99.2. The van der Waals surface area contributed by atoms with Gasteiger partial charge >= 0.3 is 0 Å². The lowest BCUT2D eigenvalue weighted by Crippen LogP contribution is -1.94. The van der Waals surface area contributed by atoms with Gasteiger partial charge in [0.2, 0.25) is 0 Å². The minimum absolute atomic E-state index is 0.748. The first-order chi connectivity index (χ1) is 5.81. The Labute approximate surface area is 76.6 Å². The van der Waals surface area contributed by atoms with E-state index >= 15 is 0 Å². The molecule has 0 aliphatic heterocycles. The van der Waals surface area contributed by atoms with Crippen LogP contribution < -0.4 is 0 Å². The highest BCUT2D eigenvalue weighted by atomic mass is 16.1. The SMILES string of the molecule is CCCCCC(C)CCCC=O. The first-order valence-corrected chi connectivity index (χ1v) is 5.24. The smallest absolute Gasteiger partial charge is 0.119 e. The highest BCUT2D eigenvalue weighted by molar-refractivity contribution is 5.48. The summed E-state index contributed by atoms with van der Waals surface area (Å²) in [5, 5.41) is 0. The standard InChI is InChI=1S/C11H22O/c1-3-4-5-8-11(2)9-6-7-10-12/h10-11H,3-9H2,1-2H3. The minimum Gasteiger partial charge on any atom is -0.303 e. The van der Waals surface area contributed by atoms with Crippen LogP contribution in [0.2, 0.25) is 0 Å². The molecule has 1 unspecified atom stereocenters. The first kappa shape index (κ1) is 11.7. The van der Waals surface area contributed by atoms with E-state index in [1.54, 1.807) is 0 Å². The van der Waals surface area contributed by atoms with Crippen LogP contribution in [0.1, 0.15) is 58.8 Å². The van der Waals surface area contributed by atoms with Crippen molar-refractivity contribution in [3.8, 4) is 0 Å². The van der Waals surface area contributed by atoms with Crippen LogP contribution in [0.25, 0.3) is 0 Å². The van der Waals surface area contributed by atoms with Gasteiger partial charge in [-0.15, -0.1) is 0 Å². The van der Waals surface area contributed by atoms with Crippen LogP contribution in [0.4, 0.5) is 0 Å². The van der Waals surface area contributed by atoms with Gasteiger partial charge in [-0.25, -0.2) is 0 Å². The molecule has 0 saturated carbocycles. The largest absolute Gasteiger partial charge is 0.303 e. The molecule has 0 heterocycles. The molecule has 0 aromatic carbocycles. The number of carbonyl (C=O) groups is 1. The Balaban J connectivity index is 3.09. The summed E-state index contributed by atoms with van der Waals surface area (Å²) in [6.07, 6.45) is 9.45. The van der Waals surface area contributed by atoms with E-state index in [2.05, 4.69) is 13.8 Å². The molecule has 0 aromatic heterocycles. The van der Waals surface area contributed by atoms with Gasteiger partial charge in [0, 0.05) is 6.42 Å². The zero-order chi connectivity index (χ0) is 9.23. The lowest BCUT2D eigenvalue weighted by molar-refractivity contribution is -0.107. The van der Waals surface area contributed by atoms with Crippen molar-refractivity contribution in [3.63, 3.8) is 0 Å². The maximum absolute atomic E-state index is 10.0. The summed E-state index contributed by atoms with van der Waals surface area (Å²) in [6.45, 7) is 4.53. The van der Waals surface area contributed by atoms with E-state index in [4.69, 9.17) is 0 Å². The second kappa shape index (κ2) is 8.76. The van der Waals surface area contributed by atoms with Crippen molar-refractivity contribution in [1.29, 1.82) is 0 Å². The Morgan fingerprint density at radius 3 is 2.42 bits per heavy atom. The van der Waals surface area contributed by atoms with Gasteiger partial charge in [-0.05, 0) is 12.3 Å². The molecule has 1 heteroatoms. The summed E-state index contributed by atoms with van der Waals surface area (Å²) < 4.78 is 0. The van der Waals surface area contributed by atoms with Gasteiger partial charge in [0.1, 0.15) is 6.29 Å². The third-order valence-corrected chi connectivity index (χ3v) is 2.32. The molecule has 0 radical (unpaired) electrons. The number of rotatable bonds is 8. The molecule has 0 saturated heterocycles. The second-order valence-corrected chi connectivity index (χ2v) is 3.70. The van der Waals surface area contributed by atoms with E-state index in [0.29, 0.717) is 0 Å². The van der Waals surface area contributed by atoms with E-state index in [1.807, 2.05) is 0 Å². The fourth-order valence-corrected chi connectivity index (χ4v) is 1.44. The van der Waals surface area contributed by atoms with Crippen LogP contribution in [0.15, 0.2) is 0 Å². The average Bonchev–Trinajstić information content (AvgIpc) is 2.06. The molecule has 0 aromatic rings. The van der Waals surface area contributed by atoms with E-state index < -0.39 is 0 Å². The number of hydrogen-bond donors (Lipinski definition) is 0. The first-order valence-electron chi connectivity index (χ1n) is 5.24. The van der Waals surface area contributed by atoms with Gasteiger partial charge in [-0.2, -0.15) is 0 Å². The summed E-state index contributed by atoms with van der Waals surface area (Å²) >= 11 is 0. The molecule has 72 valence electrons. The van der Waals surface area contributed by atoms with Crippen molar-refractivity contribution < 1.29 is 4.79 Å². The van der Waals surface area contributed by atoms with Gasteiger partial charge in [0.15, 0.2) is 0 Å². The van der Waals surface area contributed by atoms with Crippen LogP contribution in [0.3, 0.4) is 0 Å². The number of hydrogen-bond acceptors (Lipinski definition) is 1. The molecule has 0 aliphatic rings. The van der Waals surface area contributed by atoms with Crippen LogP contribution in [-0.4, -0.2) is 6.29 Å². The molecule has 1 nitrogen and oxygen atoms in total. The Hall–Kier alpha value is -0.330. The van der Waals surface area contributed by atoms with E-state index in [-0.39, 0.29) is 0 Å². The van der Waals surface area contributed by atoms with Crippen LogP contribution >= 0.6 is 0 Å². The molecule has 0 rings (SSSR count). The van der Waals surface area contributed by atoms with E-state index in [0.717, 1.165) is 25.0 Å². The molecule has 0 aliphatic carbocycles. The van der Waals surface area contributed by atoms with Crippen molar-refractivity contribution >= 4 is 6.29 Å². The average molecular weight is 170 g/mol. The monoisotopic (exact) mass is 170 g/mol. The normalized spacial score (nSPS) is 12.8. The lowest BCUT2D eigenvalue weighted by atomic mass is 9.98. The van der Waals surface area contributed by atoms with Crippen molar-refractivity contribution in [2.45, 2.75) is 58.8 Å². The maximum Gasteiger partial charge on any atom is 0.119 e. The van der Waals surface area contributed by atoms with Crippen molar-refractivity contribution in [3.05, 3.63) is 0 Å². The van der Waals surface area contributed by atoms with Crippen LogP contribution in [-0.2, 0) is 4.79 Å². The van der Waals surface area contributed by atoms with Gasteiger partial charge in [0.05, 0.1) is 0 Å².